The van der Waals surface area contributed by atoms with Crippen molar-refractivity contribution in [2.24, 2.45) is 0 Å². The molecular formula is C14H17F2N3. The lowest BCUT2D eigenvalue weighted by Gasteiger charge is -2.36. The summed E-state index contributed by atoms with van der Waals surface area (Å²) in [4.78, 5) is 4.13. The van der Waals surface area contributed by atoms with E-state index < -0.39 is 5.82 Å². The molecule has 0 spiro atoms. The summed E-state index contributed by atoms with van der Waals surface area (Å²) in [6.45, 7) is 3.91. The van der Waals surface area contributed by atoms with Crippen molar-refractivity contribution < 1.29 is 8.78 Å². The van der Waals surface area contributed by atoms with Gasteiger partial charge in [-0.05, 0) is 25.1 Å². The molecule has 0 radical (unpaired) electrons. The van der Waals surface area contributed by atoms with Crippen LogP contribution in [-0.4, -0.2) is 37.6 Å². The summed E-state index contributed by atoms with van der Waals surface area (Å²) in [5.41, 5.74) is 0.344. The molecular weight excluding hydrogens is 248 g/mol. The Morgan fingerprint density at radius 3 is 2.58 bits per heavy atom. The standard InChI is InChI=1S/C14H17F2N3/c15-12-3-4-13(16)14(11-12)19-9-7-18(8-10-19)6-2-1-5-17/h3-4,11H,1-2,6-10H2. The van der Waals surface area contributed by atoms with Crippen molar-refractivity contribution in [3.05, 3.63) is 29.8 Å². The zero-order valence-corrected chi connectivity index (χ0v) is 10.8. The molecule has 0 atom stereocenters. The Morgan fingerprint density at radius 1 is 1.16 bits per heavy atom. The van der Waals surface area contributed by atoms with Crippen molar-refractivity contribution >= 4 is 5.69 Å². The van der Waals surface area contributed by atoms with E-state index in [4.69, 9.17) is 5.26 Å². The summed E-state index contributed by atoms with van der Waals surface area (Å²) in [6, 6.07) is 5.68. The van der Waals surface area contributed by atoms with Crippen molar-refractivity contribution in [3.63, 3.8) is 0 Å². The second-order valence-electron chi connectivity index (χ2n) is 4.69. The minimum atomic E-state index is -0.409. The van der Waals surface area contributed by atoms with Crippen LogP contribution in [0.25, 0.3) is 0 Å². The number of hydrogen-bond donors (Lipinski definition) is 0. The molecule has 1 aromatic carbocycles. The highest BCUT2D eigenvalue weighted by Crippen LogP contribution is 2.21. The molecule has 1 fully saturated rings. The molecule has 0 N–H and O–H groups in total. The molecule has 1 heterocycles. The Bertz CT molecular complexity index is 462. The molecule has 2 rings (SSSR count). The van der Waals surface area contributed by atoms with E-state index >= 15 is 0 Å². The summed E-state index contributed by atoms with van der Waals surface area (Å²) in [6.07, 6.45) is 1.43. The minimum Gasteiger partial charge on any atom is -0.367 e. The van der Waals surface area contributed by atoms with E-state index in [9.17, 15) is 8.78 Å². The number of halogens is 2. The molecule has 0 aliphatic carbocycles. The summed E-state index contributed by atoms with van der Waals surface area (Å²) in [7, 11) is 0. The third-order valence-electron chi connectivity index (χ3n) is 3.38. The predicted octanol–water partition coefficient (Wildman–Crippen LogP) is 2.39. The molecule has 1 saturated heterocycles. The highest BCUT2D eigenvalue weighted by atomic mass is 19.1. The van der Waals surface area contributed by atoms with Gasteiger partial charge in [0.25, 0.3) is 0 Å². The molecule has 1 aliphatic rings. The summed E-state index contributed by atoms with van der Waals surface area (Å²) >= 11 is 0. The quantitative estimate of drug-likeness (QED) is 0.783. The second kappa shape index (κ2) is 6.48. The highest BCUT2D eigenvalue weighted by molar-refractivity contribution is 5.48. The number of nitriles is 1. The zero-order chi connectivity index (χ0) is 13.7. The first-order chi connectivity index (χ1) is 9.20. The number of piperazine rings is 1. The molecule has 102 valence electrons. The maximum atomic E-state index is 13.6. The number of unbranched alkanes of at least 4 members (excludes halogenated alkanes) is 1. The molecule has 0 bridgehead atoms. The lowest BCUT2D eigenvalue weighted by Crippen LogP contribution is -2.46. The monoisotopic (exact) mass is 265 g/mol. The maximum absolute atomic E-state index is 13.6. The summed E-state index contributed by atoms with van der Waals surface area (Å²) in [5, 5.41) is 8.49. The van der Waals surface area contributed by atoms with Gasteiger partial charge in [0.05, 0.1) is 11.8 Å². The topological polar surface area (TPSA) is 30.3 Å². The Kier molecular flexibility index (Phi) is 4.69. The van der Waals surface area contributed by atoms with Crippen molar-refractivity contribution in [1.29, 1.82) is 5.26 Å². The van der Waals surface area contributed by atoms with Crippen LogP contribution in [-0.2, 0) is 0 Å². The molecule has 1 aromatic rings. The Balaban J connectivity index is 1.89. The second-order valence-corrected chi connectivity index (χ2v) is 4.69. The van der Waals surface area contributed by atoms with Crippen LogP contribution < -0.4 is 4.90 Å². The number of benzene rings is 1. The lowest BCUT2D eigenvalue weighted by molar-refractivity contribution is 0.255. The van der Waals surface area contributed by atoms with Crippen LogP contribution in [0.1, 0.15) is 12.8 Å². The smallest absolute Gasteiger partial charge is 0.146 e. The maximum Gasteiger partial charge on any atom is 0.146 e. The Morgan fingerprint density at radius 2 is 1.89 bits per heavy atom. The zero-order valence-electron chi connectivity index (χ0n) is 10.8. The van der Waals surface area contributed by atoms with Gasteiger partial charge in [-0.2, -0.15) is 5.26 Å². The predicted molar refractivity (Wildman–Crippen MR) is 69.9 cm³/mol. The van der Waals surface area contributed by atoms with Crippen LogP contribution in [0.5, 0.6) is 0 Å². The van der Waals surface area contributed by atoms with E-state index in [-0.39, 0.29) is 5.82 Å². The van der Waals surface area contributed by atoms with Crippen LogP contribution >= 0.6 is 0 Å². The Labute approximate surface area is 112 Å². The number of nitrogens with zero attached hydrogens (tertiary/aromatic N) is 3. The average molecular weight is 265 g/mol. The average Bonchev–Trinajstić information content (AvgIpc) is 2.43. The fraction of sp³-hybridized carbons (Fsp3) is 0.500. The third kappa shape index (κ3) is 3.65. The van der Waals surface area contributed by atoms with E-state index in [2.05, 4.69) is 11.0 Å². The molecule has 5 heteroatoms. The van der Waals surface area contributed by atoms with Gasteiger partial charge in [-0.25, -0.2) is 8.78 Å². The fourth-order valence-electron chi connectivity index (χ4n) is 2.32. The fourth-order valence-corrected chi connectivity index (χ4v) is 2.32. The molecule has 19 heavy (non-hydrogen) atoms. The van der Waals surface area contributed by atoms with Crippen LogP contribution in [0.4, 0.5) is 14.5 Å². The lowest BCUT2D eigenvalue weighted by atomic mass is 10.2. The normalized spacial score (nSPS) is 16.4. The van der Waals surface area contributed by atoms with E-state index in [1.54, 1.807) is 0 Å². The molecule has 0 amide bonds. The van der Waals surface area contributed by atoms with Gasteiger partial charge in [0.2, 0.25) is 0 Å². The minimum absolute atomic E-state index is 0.344. The number of rotatable bonds is 4. The van der Waals surface area contributed by atoms with Gasteiger partial charge in [-0.1, -0.05) is 0 Å². The van der Waals surface area contributed by atoms with E-state index in [0.717, 1.165) is 32.1 Å². The van der Waals surface area contributed by atoms with Gasteiger partial charge in [0, 0.05) is 38.7 Å². The van der Waals surface area contributed by atoms with Crippen LogP contribution in [0.3, 0.4) is 0 Å². The van der Waals surface area contributed by atoms with Crippen LogP contribution in [0.2, 0.25) is 0 Å². The van der Waals surface area contributed by atoms with Crippen LogP contribution in [0, 0.1) is 23.0 Å². The van der Waals surface area contributed by atoms with Gasteiger partial charge in [-0.15, -0.1) is 0 Å². The van der Waals surface area contributed by atoms with E-state index in [0.29, 0.717) is 25.2 Å². The van der Waals surface area contributed by atoms with Gasteiger partial charge < -0.3 is 4.90 Å². The molecule has 0 saturated carbocycles. The van der Waals surface area contributed by atoms with Crippen molar-refractivity contribution in [1.82, 2.24) is 4.90 Å². The molecule has 0 unspecified atom stereocenters. The summed E-state index contributed by atoms with van der Waals surface area (Å²) in [5.74, 6) is -0.785. The molecule has 0 aromatic heterocycles. The van der Waals surface area contributed by atoms with Crippen LogP contribution in [0.15, 0.2) is 18.2 Å². The largest absolute Gasteiger partial charge is 0.367 e. The first-order valence-corrected chi connectivity index (χ1v) is 6.50. The van der Waals surface area contributed by atoms with Gasteiger partial charge >= 0.3 is 0 Å². The van der Waals surface area contributed by atoms with Gasteiger partial charge in [0.1, 0.15) is 11.6 Å². The van der Waals surface area contributed by atoms with E-state index in [1.807, 2.05) is 4.90 Å². The van der Waals surface area contributed by atoms with Crippen molar-refractivity contribution in [3.8, 4) is 6.07 Å². The SMILES string of the molecule is N#CCCCN1CCN(c2cc(F)ccc2F)CC1. The number of anilines is 1. The highest BCUT2D eigenvalue weighted by Gasteiger charge is 2.19. The third-order valence-corrected chi connectivity index (χ3v) is 3.38. The summed E-state index contributed by atoms with van der Waals surface area (Å²) < 4.78 is 26.8. The molecule has 3 nitrogen and oxygen atoms in total. The molecule has 1 aliphatic heterocycles. The van der Waals surface area contributed by atoms with Gasteiger partial charge in [-0.3, -0.25) is 4.90 Å². The first-order valence-electron chi connectivity index (χ1n) is 6.50. The van der Waals surface area contributed by atoms with Gasteiger partial charge in [0.15, 0.2) is 0 Å². The first kappa shape index (κ1) is 13.8. The van der Waals surface area contributed by atoms with Crippen molar-refractivity contribution in [2.75, 3.05) is 37.6 Å². The number of hydrogen-bond acceptors (Lipinski definition) is 3. The Hall–Kier alpha value is -1.67. The van der Waals surface area contributed by atoms with E-state index in [1.165, 1.54) is 12.1 Å². The van der Waals surface area contributed by atoms with Crippen molar-refractivity contribution in [2.45, 2.75) is 12.8 Å².